The monoisotopic (exact) mass is 297 g/mol. The van der Waals surface area contributed by atoms with Gasteiger partial charge in [0.15, 0.2) is 0 Å². The molecule has 4 nitrogen and oxygen atoms in total. The first-order chi connectivity index (χ1) is 10.6. The summed E-state index contributed by atoms with van der Waals surface area (Å²) in [5.41, 5.74) is 10.1. The number of rotatable bonds is 6. The number of pyridine rings is 1. The van der Waals surface area contributed by atoms with Gasteiger partial charge < -0.3 is 10.6 Å². The summed E-state index contributed by atoms with van der Waals surface area (Å²) in [6.07, 6.45) is 5.64. The molecule has 0 spiro atoms. The maximum absolute atomic E-state index is 12.2. The van der Waals surface area contributed by atoms with Gasteiger partial charge in [-0.05, 0) is 54.7 Å². The van der Waals surface area contributed by atoms with Crippen LogP contribution in [0.5, 0.6) is 0 Å². The van der Waals surface area contributed by atoms with Crippen LogP contribution in [0.3, 0.4) is 0 Å². The molecule has 116 valence electrons. The summed E-state index contributed by atoms with van der Waals surface area (Å²) in [5.74, 6) is 0.160. The Hall–Kier alpha value is -2.36. The van der Waals surface area contributed by atoms with E-state index in [1.165, 1.54) is 5.56 Å². The average molecular weight is 297 g/mol. The number of nitrogens with two attached hydrogens (primary N) is 1. The van der Waals surface area contributed by atoms with E-state index in [4.69, 9.17) is 5.73 Å². The van der Waals surface area contributed by atoms with Crippen molar-refractivity contribution in [3.8, 4) is 0 Å². The number of likely N-dealkylation sites (N-methyl/N-ethyl adjacent to an activating group) is 1. The first kappa shape index (κ1) is 16.0. The second-order valence-corrected chi connectivity index (χ2v) is 5.61. The van der Waals surface area contributed by atoms with Crippen LogP contribution in [-0.4, -0.2) is 29.4 Å². The molecule has 0 aliphatic carbocycles. The van der Waals surface area contributed by atoms with Crippen LogP contribution in [0.1, 0.15) is 23.1 Å². The summed E-state index contributed by atoms with van der Waals surface area (Å²) in [7, 11) is 1.85. The van der Waals surface area contributed by atoms with E-state index in [0.29, 0.717) is 6.42 Å². The van der Waals surface area contributed by atoms with Gasteiger partial charge in [0.25, 0.3) is 0 Å². The quantitative estimate of drug-likeness (QED) is 0.834. The minimum atomic E-state index is 0.160. The summed E-state index contributed by atoms with van der Waals surface area (Å²) in [5, 5.41) is 0. The number of aromatic nitrogens is 1. The Morgan fingerprint density at radius 1 is 1.14 bits per heavy atom. The third-order valence-electron chi connectivity index (χ3n) is 3.88. The highest BCUT2D eigenvalue weighted by molar-refractivity contribution is 5.76. The number of nitrogens with zero attached hydrogens (tertiary/aromatic N) is 2. The summed E-state index contributed by atoms with van der Waals surface area (Å²) in [6.45, 7) is 2.70. The number of nitrogen functional groups attached to an aromatic ring is 1. The first-order valence-electron chi connectivity index (χ1n) is 7.54. The number of anilines is 1. The van der Waals surface area contributed by atoms with E-state index in [0.717, 1.165) is 36.2 Å². The van der Waals surface area contributed by atoms with Crippen LogP contribution in [0.25, 0.3) is 0 Å². The summed E-state index contributed by atoms with van der Waals surface area (Å²) in [4.78, 5) is 18.0. The van der Waals surface area contributed by atoms with Gasteiger partial charge in [-0.2, -0.15) is 0 Å². The third kappa shape index (κ3) is 4.58. The van der Waals surface area contributed by atoms with Crippen molar-refractivity contribution in [2.75, 3.05) is 19.3 Å². The Balaban J connectivity index is 1.79. The number of hydrogen-bond donors (Lipinski definition) is 1. The maximum Gasteiger partial charge on any atom is 0.222 e. The first-order valence-corrected chi connectivity index (χ1v) is 7.54. The molecule has 0 saturated carbocycles. The Labute approximate surface area is 132 Å². The highest BCUT2D eigenvalue weighted by Crippen LogP contribution is 2.14. The Morgan fingerprint density at radius 3 is 2.55 bits per heavy atom. The molecule has 0 fully saturated rings. The lowest BCUT2D eigenvalue weighted by atomic mass is 10.1. The van der Waals surface area contributed by atoms with Gasteiger partial charge >= 0.3 is 0 Å². The topological polar surface area (TPSA) is 59.2 Å². The van der Waals surface area contributed by atoms with Gasteiger partial charge in [-0.15, -0.1) is 0 Å². The van der Waals surface area contributed by atoms with Crippen LogP contribution >= 0.6 is 0 Å². The molecule has 1 heterocycles. The molecule has 0 aliphatic rings. The molecule has 2 N–H and O–H groups in total. The van der Waals surface area contributed by atoms with Crippen LogP contribution in [-0.2, 0) is 17.6 Å². The highest BCUT2D eigenvalue weighted by atomic mass is 16.2. The van der Waals surface area contributed by atoms with Crippen molar-refractivity contribution in [3.05, 3.63) is 59.4 Å². The van der Waals surface area contributed by atoms with E-state index in [1.54, 1.807) is 17.3 Å². The van der Waals surface area contributed by atoms with Crippen molar-refractivity contribution in [1.29, 1.82) is 0 Å². The molecular weight excluding hydrogens is 274 g/mol. The predicted octanol–water partition coefficient (Wildman–Crippen LogP) is 2.61. The van der Waals surface area contributed by atoms with Gasteiger partial charge in [-0.1, -0.05) is 12.1 Å². The van der Waals surface area contributed by atoms with Crippen molar-refractivity contribution >= 4 is 11.6 Å². The van der Waals surface area contributed by atoms with E-state index < -0.39 is 0 Å². The molecule has 0 atom stereocenters. The third-order valence-corrected chi connectivity index (χ3v) is 3.88. The molecule has 0 unspecified atom stereocenters. The van der Waals surface area contributed by atoms with Gasteiger partial charge in [-0.25, -0.2) is 0 Å². The van der Waals surface area contributed by atoms with Crippen molar-refractivity contribution in [1.82, 2.24) is 9.88 Å². The molecular formula is C18H23N3O. The van der Waals surface area contributed by atoms with Gasteiger partial charge in [-0.3, -0.25) is 9.78 Å². The fraction of sp³-hybridized carbons (Fsp3) is 0.333. The minimum absolute atomic E-state index is 0.160. The molecule has 2 aromatic rings. The van der Waals surface area contributed by atoms with Crippen LogP contribution < -0.4 is 5.73 Å². The SMILES string of the molecule is Cc1ccc(CCC(=O)N(C)CCc2ccncc2)cc1N. The molecule has 0 bridgehead atoms. The zero-order valence-electron chi connectivity index (χ0n) is 13.2. The number of amides is 1. The van der Waals surface area contributed by atoms with Gasteiger partial charge in [0, 0.05) is 38.1 Å². The van der Waals surface area contributed by atoms with E-state index in [2.05, 4.69) is 4.98 Å². The van der Waals surface area contributed by atoms with Crippen LogP contribution in [0.2, 0.25) is 0 Å². The zero-order chi connectivity index (χ0) is 15.9. The molecule has 0 radical (unpaired) electrons. The fourth-order valence-electron chi connectivity index (χ4n) is 2.26. The molecule has 22 heavy (non-hydrogen) atoms. The number of carbonyl (C=O) groups excluding carboxylic acids is 1. The predicted molar refractivity (Wildman–Crippen MR) is 89.5 cm³/mol. The van der Waals surface area contributed by atoms with Crippen molar-refractivity contribution in [2.45, 2.75) is 26.2 Å². The van der Waals surface area contributed by atoms with Crippen molar-refractivity contribution in [2.24, 2.45) is 0 Å². The molecule has 0 saturated heterocycles. The molecule has 1 aromatic carbocycles. The number of aryl methyl sites for hydroxylation is 2. The van der Waals surface area contributed by atoms with Crippen LogP contribution in [0.15, 0.2) is 42.7 Å². The normalized spacial score (nSPS) is 10.5. The van der Waals surface area contributed by atoms with Crippen molar-refractivity contribution < 1.29 is 4.79 Å². The Morgan fingerprint density at radius 2 is 1.86 bits per heavy atom. The second kappa shape index (κ2) is 7.59. The lowest BCUT2D eigenvalue weighted by Crippen LogP contribution is -2.29. The summed E-state index contributed by atoms with van der Waals surface area (Å²) >= 11 is 0. The maximum atomic E-state index is 12.2. The largest absolute Gasteiger partial charge is 0.399 e. The van der Waals surface area contributed by atoms with Crippen LogP contribution in [0.4, 0.5) is 5.69 Å². The smallest absolute Gasteiger partial charge is 0.222 e. The highest BCUT2D eigenvalue weighted by Gasteiger charge is 2.09. The molecule has 1 amide bonds. The van der Waals surface area contributed by atoms with E-state index >= 15 is 0 Å². The van der Waals surface area contributed by atoms with Crippen molar-refractivity contribution in [3.63, 3.8) is 0 Å². The lowest BCUT2D eigenvalue weighted by molar-refractivity contribution is -0.129. The summed E-state index contributed by atoms with van der Waals surface area (Å²) < 4.78 is 0. The van der Waals surface area contributed by atoms with E-state index in [1.807, 2.05) is 44.3 Å². The average Bonchev–Trinajstić information content (AvgIpc) is 2.54. The molecule has 4 heteroatoms. The second-order valence-electron chi connectivity index (χ2n) is 5.61. The zero-order valence-corrected chi connectivity index (χ0v) is 13.2. The standard InChI is InChI=1S/C18H23N3O/c1-14-3-4-16(13-17(14)19)5-6-18(22)21(2)12-9-15-7-10-20-11-8-15/h3-4,7-8,10-11,13H,5-6,9,12,19H2,1-2H3. The molecule has 1 aromatic heterocycles. The lowest BCUT2D eigenvalue weighted by Gasteiger charge is -2.17. The number of carbonyl (C=O) groups is 1. The summed E-state index contributed by atoms with van der Waals surface area (Å²) in [6, 6.07) is 9.96. The van der Waals surface area contributed by atoms with Crippen LogP contribution in [0, 0.1) is 6.92 Å². The Bertz CT molecular complexity index is 625. The van der Waals surface area contributed by atoms with E-state index in [-0.39, 0.29) is 5.91 Å². The number of benzene rings is 1. The van der Waals surface area contributed by atoms with E-state index in [9.17, 15) is 4.79 Å². The molecule has 0 aliphatic heterocycles. The molecule has 2 rings (SSSR count). The fourth-order valence-corrected chi connectivity index (χ4v) is 2.26. The van der Waals surface area contributed by atoms with Gasteiger partial charge in [0.1, 0.15) is 0 Å². The van der Waals surface area contributed by atoms with Gasteiger partial charge in [0.05, 0.1) is 0 Å². The number of hydrogen-bond acceptors (Lipinski definition) is 3. The Kier molecular flexibility index (Phi) is 5.53. The van der Waals surface area contributed by atoms with Gasteiger partial charge in [0.2, 0.25) is 5.91 Å². The minimum Gasteiger partial charge on any atom is -0.399 e.